The van der Waals surface area contributed by atoms with Crippen molar-refractivity contribution in [1.29, 1.82) is 0 Å². The normalized spacial score (nSPS) is 16.1. The molecule has 0 unspecified atom stereocenters. The van der Waals surface area contributed by atoms with Crippen LogP contribution >= 0.6 is 12.4 Å². The van der Waals surface area contributed by atoms with E-state index in [9.17, 15) is 9.59 Å². The molecule has 1 aliphatic heterocycles. The predicted octanol–water partition coefficient (Wildman–Crippen LogP) is 1.97. The lowest BCUT2D eigenvalue weighted by molar-refractivity contribution is -0.121. The average molecular weight is 270 g/mol. The number of hydrogen-bond donors (Lipinski definition) is 1. The molecule has 0 spiro atoms. The van der Waals surface area contributed by atoms with Gasteiger partial charge in [-0.25, -0.2) is 4.79 Å². The number of carbonyl (C=O) groups excluding carboxylic acids is 1. The zero-order valence-electron chi connectivity index (χ0n) is 9.96. The largest absolute Gasteiger partial charge is 0.478 e. The molecule has 1 N–H and O–H groups in total. The highest BCUT2D eigenvalue weighted by molar-refractivity contribution is 5.87. The molecule has 2 rings (SSSR count). The van der Waals surface area contributed by atoms with Crippen molar-refractivity contribution in [3.05, 3.63) is 35.4 Å². The van der Waals surface area contributed by atoms with Crippen molar-refractivity contribution in [3.63, 3.8) is 0 Å². The summed E-state index contributed by atoms with van der Waals surface area (Å²) in [6.07, 6.45) is 1.26. The lowest BCUT2D eigenvalue weighted by Gasteiger charge is -2.25. The summed E-state index contributed by atoms with van der Waals surface area (Å²) < 4.78 is 0. The van der Waals surface area contributed by atoms with Gasteiger partial charge in [0.2, 0.25) is 0 Å². The van der Waals surface area contributed by atoms with Gasteiger partial charge in [-0.15, -0.1) is 12.4 Å². The molecule has 1 fully saturated rings. The second-order valence-electron chi connectivity index (χ2n) is 4.32. The van der Waals surface area contributed by atoms with Gasteiger partial charge in [-0.3, -0.25) is 9.69 Å². The quantitative estimate of drug-likeness (QED) is 0.912. The third-order valence-electron chi connectivity index (χ3n) is 3.02. The molecule has 0 atom stereocenters. The molecule has 18 heavy (non-hydrogen) atoms. The van der Waals surface area contributed by atoms with Crippen LogP contribution in [0.1, 0.15) is 28.8 Å². The van der Waals surface area contributed by atoms with Gasteiger partial charge in [0.25, 0.3) is 0 Å². The third-order valence-corrected chi connectivity index (χ3v) is 3.02. The second kappa shape index (κ2) is 6.52. The Morgan fingerprint density at radius 2 is 1.72 bits per heavy atom. The Balaban J connectivity index is 0.00000162. The van der Waals surface area contributed by atoms with Crippen molar-refractivity contribution < 1.29 is 14.7 Å². The number of aromatic carboxylic acids is 1. The van der Waals surface area contributed by atoms with Crippen LogP contribution in [0, 0.1) is 0 Å². The van der Waals surface area contributed by atoms with Crippen LogP contribution in [0.2, 0.25) is 0 Å². The Morgan fingerprint density at radius 1 is 1.17 bits per heavy atom. The van der Waals surface area contributed by atoms with E-state index in [4.69, 9.17) is 5.11 Å². The first kappa shape index (κ1) is 14.7. The summed E-state index contributed by atoms with van der Waals surface area (Å²) in [5.74, 6) is -0.567. The number of nitrogens with zero attached hydrogens (tertiary/aromatic N) is 1. The lowest BCUT2D eigenvalue weighted by atomic mass is 10.1. The molecule has 1 heterocycles. The molecule has 0 aliphatic carbocycles. The van der Waals surface area contributed by atoms with Crippen LogP contribution in [0.15, 0.2) is 24.3 Å². The molecule has 0 saturated carbocycles. The number of ketones is 1. The number of halogens is 1. The summed E-state index contributed by atoms with van der Waals surface area (Å²) in [6.45, 7) is 2.40. The van der Waals surface area contributed by atoms with Crippen LogP contribution < -0.4 is 0 Å². The minimum Gasteiger partial charge on any atom is -0.478 e. The molecular formula is C13H16ClNO3. The first-order valence-corrected chi connectivity index (χ1v) is 5.71. The monoisotopic (exact) mass is 269 g/mol. The van der Waals surface area contributed by atoms with Crippen LogP contribution in [0.5, 0.6) is 0 Å². The van der Waals surface area contributed by atoms with Gasteiger partial charge in [-0.1, -0.05) is 12.1 Å². The molecule has 0 radical (unpaired) electrons. The van der Waals surface area contributed by atoms with E-state index in [1.165, 1.54) is 0 Å². The summed E-state index contributed by atoms with van der Waals surface area (Å²) >= 11 is 0. The van der Waals surface area contributed by atoms with E-state index in [2.05, 4.69) is 4.90 Å². The average Bonchev–Trinajstić information content (AvgIpc) is 2.33. The van der Waals surface area contributed by atoms with Crippen LogP contribution in [-0.4, -0.2) is 34.8 Å². The van der Waals surface area contributed by atoms with Crippen LogP contribution in [0.3, 0.4) is 0 Å². The number of likely N-dealkylation sites (tertiary alicyclic amines) is 1. The number of hydrogen-bond acceptors (Lipinski definition) is 3. The highest BCUT2D eigenvalue weighted by Gasteiger charge is 2.15. The van der Waals surface area contributed by atoms with Crippen molar-refractivity contribution in [3.8, 4) is 0 Å². The van der Waals surface area contributed by atoms with Crippen molar-refractivity contribution >= 4 is 24.2 Å². The molecule has 0 amide bonds. The van der Waals surface area contributed by atoms with Crippen molar-refractivity contribution in [2.45, 2.75) is 19.4 Å². The summed E-state index contributed by atoms with van der Waals surface area (Å²) in [4.78, 5) is 24.0. The van der Waals surface area contributed by atoms with E-state index in [0.29, 0.717) is 24.2 Å². The fourth-order valence-corrected chi connectivity index (χ4v) is 1.97. The number of piperidine rings is 1. The molecule has 1 saturated heterocycles. The van der Waals surface area contributed by atoms with E-state index in [0.717, 1.165) is 25.2 Å². The number of carbonyl (C=O) groups is 2. The molecule has 4 nitrogen and oxygen atoms in total. The standard InChI is InChI=1S/C13H15NO3.ClH/c15-12-5-7-14(8-6-12)9-10-1-3-11(4-2-10)13(16)17;/h1-4H,5-9H2,(H,16,17);1H. The predicted molar refractivity (Wildman–Crippen MR) is 70.2 cm³/mol. The van der Waals surface area contributed by atoms with Crippen molar-refractivity contribution in [1.82, 2.24) is 4.90 Å². The topological polar surface area (TPSA) is 57.6 Å². The van der Waals surface area contributed by atoms with E-state index in [-0.39, 0.29) is 12.4 Å². The molecule has 0 bridgehead atoms. The van der Waals surface area contributed by atoms with E-state index in [1.807, 2.05) is 12.1 Å². The SMILES string of the molecule is Cl.O=C1CCN(Cc2ccc(C(=O)O)cc2)CC1. The third kappa shape index (κ3) is 3.82. The Bertz CT molecular complexity index is 420. The second-order valence-corrected chi connectivity index (χ2v) is 4.32. The van der Waals surface area contributed by atoms with E-state index in [1.54, 1.807) is 12.1 Å². The van der Waals surface area contributed by atoms with Crippen molar-refractivity contribution in [2.24, 2.45) is 0 Å². The smallest absolute Gasteiger partial charge is 0.335 e. The van der Waals surface area contributed by atoms with E-state index < -0.39 is 5.97 Å². The minimum atomic E-state index is -0.903. The fourth-order valence-electron chi connectivity index (χ4n) is 1.97. The Hall–Kier alpha value is -1.39. The molecule has 1 aromatic rings. The first-order chi connectivity index (χ1) is 8.15. The highest BCUT2D eigenvalue weighted by Crippen LogP contribution is 2.12. The Morgan fingerprint density at radius 3 is 2.22 bits per heavy atom. The van der Waals surface area contributed by atoms with Crippen molar-refractivity contribution in [2.75, 3.05) is 13.1 Å². The van der Waals surface area contributed by atoms with Gasteiger partial charge >= 0.3 is 5.97 Å². The first-order valence-electron chi connectivity index (χ1n) is 5.71. The molecule has 0 aromatic heterocycles. The molecule has 98 valence electrons. The van der Waals surface area contributed by atoms with Crippen LogP contribution in [0.25, 0.3) is 0 Å². The Kier molecular flexibility index (Phi) is 5.31. The van der Waals surface area contributed by atoms with Gasteiger partial charge in [0.05, 0.1) is 5.56 Å². The summed E-state index contributed by atoms with van der Waals surface area (Å²) in [5, 5.41) is 8.78. The molecule has 1 aromatic carbocycles. The number of benzene rings is 1. The summed E-state index contributed by atoms with van der Waals surface area (Å²) in [5.41, 5.74) is 1.40. The maximum absolute atomic E-state index is 11.1. The lowest BCUT2D eigenvalue weighted by Crippen LogP contribution is -2.33. The number of rotatable bonds is 3. The van der Waals surface area contributed by atoms with Gasteiger partial charge in [0.1, 0.15) is 5.78 Å². The zero-order valence-corrected chi connectivity index (χ0v) is 10.8. The van der Waals surface area contributed by atoms with Crippen LogP contribution in [-0.2, 0) is 11.3 Å². The number of carboxylic acid groups (broad SMARTS) is 1. The Labute approximate surface area is 112 Å². The van der Waals surface area contributed by atoms with Gasteiger partial charge in [0.15, 0.2) is 0 Å². The van der Waals surface area contributed by atoms with E-state index >= 15 is 0 Å². The number of Topliss-reactive ketones (excluding diaryl/α,β-unsaturated/α-hetero) is 1. The van der Waals surface area contributed by atoms with Crippen LogP contribution in [0.4, 0.5) is 0 Å². The summed E-state index contributed by atoms with van der Waals surface area (Å²) in [7, 11) is 0. The zero-order chi connectivity index (χ0) is 12.3. The maximum atomic E-state index is 11.1. The molecular weight excluding hydrogens is 254 g/mol. The number of carboxylic acids is 1. The van der Waals surface area contributed by atoms with Gasteiger partial charge in [0, 0.05) is 32.5 Å². The van der Waals surface area contributed by atoms with Gasteiger partial charge < -0.3 is 5.11 Å². The summed E-state index contributed by atoms with van der Waals surface area (Å²) in [6, 6.07) is 6.90. The molecule has 1 aliphatic rings. The molecule has 5 heteroatoms. The maximum Gasteiger partial charge on any atom is 0.335 e. The fraction of sp³-hybridized carbons (Fsp3) is 0.385. The van der Waals surface area contributed by atoms with Gasteiger partial charge in [-0.05, 0) is 17.7 Å². The highest BCUT2D eigenvalue weighted by atomic mass is 35.5. The van der Waals surface area contributed by atoms with Gasteiger partial charge in [-0.2, -0.15) is 0 Å². The minimum absolute atomic E-state index is 0.